The van der Waals surface area contributed by atoms with E-state index in [9.17, 15) is 14.7 Å². The van der Waals surface area contributed by atoms with Gasteiger partial charge in [-0.15, -0.1) is 6.58 Å². The summed E-state index contributed by atoms with van der Waals surface area (Å²) < 4.78 is 0. The van der Waals surface area contributed by atoms with Gasteiger partial charge in [0.25, 0.3) is 11.8 Å². The van der Waals surface area contributed by atoms with Crippen LogP contribution in [0.2, 0.25) is 0 Å². The molecule has 1 aromatic carbocycles. The fraction of sp³-hybridized carbons (Fsp3) is 0.375. The average molecular weight is 273 g/mol. The molecule has 20 heavy (non-hydrogen) atoms. The highest BCUT2D eigenvalue weighted by molar-refractivity contribution is 6.21. The summed E-state index contributed by atoms with van der Waals surface area (Å²) in [5, 5.41) is 10.2. The Hall–Kier alpha value is -1.94. The van der Waals surface area contributed by atoms with Crippen LogP contribution in [0.5, 0.6) is 0 Å². The number of fused-ring (bicyclic) bond motifs is 1. The van der Waals surface area contributed by atoms with E-state index in [-0.39, 0.29) is 17.7 Å². The summed E-state index contributed by atoms with van der Waals surface area (Å²) in [7, 11) is 0. The van der Waals surface area contributed by atoms with Gasteiger partial charge < -0.3 is 5.11 Å². The summed E-state index contributed by atoms with van der Waals surface area (Å²) in [5.74, 6) is -0.688. The van der Waals surface area contributed by atoms with Crippen LogP contribution in [0.15, 0.2) is 36.9 Å². The molecule has 4 heteroatoms. The minimum absolute atomic E-state index is 0.0350. The molecule has 1 N–H and O–H groups in total. The van der Waals surface area contributed by atoms with Gasteiger partial charge in [0.1, 0.15) is 0 Å². The van der Waals surface area contributed by atoms with Crippen molar-refractivity contribution in [2.75, 3.05) is 0 Å². The molecule has 1 heterocycles. The van der Waals surface area contributed by atoms with E-state index in [0.717, 1.165) is 0 Å². The highest BCUT2D eigenvalue weighted by Gasteiger charge is 2.43. The zero-order valence-corrected chi connectivity index (χ0v) is 11.7. The Labute approximate surface area is 118 Å². The van der Waals surface area contributed by atoms with Gasteiger partial charge in [-0.3, -0.25) is 14.5 Å². The van der Waals surface area contributed by atoms with Crippen LogP contribution in [0.25, 0.3) is 0 Å². The summed E-state index contributed by atoms with van der Waals surface area (Å²) in [5.41, 5.74) is 0.822. The molecule has 0 aromatic heterocycles. The third-order valence-corrected chi connectivity index (χ3v) is 3.61. The van der Waals surface area contributed by atoms with Gasteiger partial charge in [-0.2, -0.15) is 0 Å². The van der Waals surface area contributed by atoms with Crippen molar-refractivity contribution in [1.82, 2.24) is 4.90 Å². The number of nitrogens with zero attached hydrogens (tertiary/aromatic N) is 1. The highest BCUT2D eigenvalue weighted by Crippen LogP contribution is 2.29. The Morgan fingerprint density at radius 1 is 1.20 bits per heavy atom. The molecule has 1 aromatic rings. The quantitative estimate of drug-likeness (QED) is 0.661. The SMILES string of the molecule is C=CC[C@@H](O)[C@H](C(C)C)N1C(=O)c2ccccc2C1=O. The third-order valence-electron chi connectivity index (χ3n) is 3.61. The van der Waals surface area contributed by atoms with Crippen molar-refractivity contribution in [3.63, 3.8) is 0 Å². The molecule has 4 nitrogen and oxygen atoms in total. The summed E-state index contributed by atoms with van der Waals surface area (Å²) >= 11 is 0. The second kappa shape index (κ2) is 5.59. The predicted octanol–water partition coefficient (Wildman–Crippen LogP) is 2.24. The number of hydrogen-bond acceptors (Lipinski definition) is 3. The number of rotatable bonds is 5. The molecule has 0 unspecified atom stereocenters. The number of hydrogen-bond donors (Lipinski definition) is 1. The standard InChI is InChI=1S/C16H19NO3/c1-4-7-13(18)14(10(2)3)17-15(19)11-8-5-6-9-12(11)16(17)20/h4-6,8-10,13-14,18H,1,7H2,2-3H3/t13-,14+/m1/s1. The zero-order valence-electron chi connectivity index (χ0n) is 11.7. The number of carbonyl (C=O) groups excluding carboxylic acids is 2. The second-order valence-corrected chi connectivity index (χ2v) is 5.35. The number of amides is 2. The van der Waals surface area contributed by atoms with Gasteiger partial charge >= 0.3 is 0 Å². The fourth-order valence-corrected chi connectivity index (χ4v) is 2.70. The second-order valence-electron chi connectivity index (χ2n) is 5.35. The monoisotopic (exact) mass is 273 g/mol. The zero-order chi connectivity index (χ0) is 14.9. The maximum Gasteiger partial charge on any atom is 0.261 e. The number of aliphatic hydroxyl groups excluding tert-OH is 1. The van der Waals surface area contributed by atoms with Crippen molar-refractivity contribution in [3.05, 3.63) is 48.0 Å². The minimum atomic E-state index is -0.797. The summed E-state index contributed by atoms with van der Waals surface area (Å²) in [6.45, 7) is 7.38. The lowest BCUT2D eigenvalue weighted by atomic mass is 9.94. The van der Waals surface area contributed by atoms with Crippen LogP contribution in [-0.4, -0.2) is 34.0 Å². The van der Waals surface area contributed by atoms with Crippen molar-refractivity contribution in [2.45, 2.75) is 32.4 Å². The first-order valence-corrected chi connectivity index (χ1v) is 6.75. The molecule has 0 bridgehead atoms. The van der Waals surface area contributed by atoms with Gasteiger partial charge in [0, 0.05) is 0 Å². The normalized spacial score (nSPS) is 17.3. The molecular formula is C16H19NO3. The molecule has 0 aliphatic carbocycles. The predicted molar refractivity (Wildman–Crippen MR) is 76.4 cm³/mol. The van der Waals surface area contributed by atoms with Crippen molar-refractivity contribution < 1.29 is 14.7 Å². The van der Waals surface area contributed by atoms with Gasteiger partial charge in [-0.05, 0) is 24.5 Å². The molecule has 0 radical (unpaired) electrons. The van der Waals surface area contributed by atoms with Crippen LogP contribution < -0.4 is 0 Å². The summed E-state index contributed by atoms with van der Waals surface area (Å²) in [6.07, 6.45) is 1.14. The van der Waals surface area contributed by atoms with Crippen molar-refractivity contribution >= 4 is 11.8 Å². The van der Waals surface area contributed by atoms with Crippen LogP contribution in [0, 0.1) is 5.92 Å². The van der Waals surface area contributed by atoms with Crippen molar-refractivity contribution in [3.8, 4) is 0 Å². The average Bonchev–Trinajstić information content (AvgIpc) is 2.65. The molecule has 1 aliphatic heterocycles. The van der Waals surface area contributed by atoms with Crippen molar-refractivity contribution in [1.29, 1.82) is 0 Å². The van der Waals surface area contributed by atoms with Crippen LogP contribution >= 0.6 is 0 Å². The molecule has 2 atom stereocenters. The number of benzene rings is 1. The summed E-state index contributed by atoms with van der Waals surface area (Å²) in [6, 6.07) is 6.22. The van der Waals surface area contributed by atoms with Crippen molar-refractivity contribution in [2.24, 2.45) is 5.92 Å². The van der Waals surface area contributed by atoms with E-state index in [1.54, 1.807) is 30.3 Å². The van der Waals surface area contributed by atoms with E-state index in [1.807, 2.05) is 13.8 Å². The topological polar surface area (TPSA) is 57.6 Å². The molecule has 0 saturated carbocycles. The van der Waals surface area contributed by atoms with E-state index in [2.05, 4.69) is 6.58 Å². The van der Waals surface area contributed by atoms with Crippen LogP contribution in [0.1, 0.15) is 41.0 Å². The molecule has 2 amide bonds. The van der Waals surface area contributed by atoms with Crippen LogP contribution in [0.3, 0.4) is 0 Å². The van der Waals surface area contributed by atoms with E-state index < -0.39 is 12.1 Å². The first-order chi connectivity index (χ1) is 9.49. The van der Waals surface area contributed by atoms with E-state index in [4.69, 9.17) is 0 Å². The third kappa shape index (κ3) is 2.27. The Bertz CT molecular complexity index is 515. The highest BCUT2D eigenvalue weighted by atomic mass is 16.3. The largest absolute Gasteiger partial charge is 0.391 e. The molecular weight excluding hydrogens is 254 g/mol. The van der Waals surface area contributed by atoms with Crippen LogP contribution in [0.4, 0.5) is 0 Å². The maximum absolute atomic E-state index is 12.4. The molecule has 2 rings (SSSR count). The minimum Gasteiger partial charge on any atom is -0.391 e. The molecule has 0 saturated heterocycles. The molecule has 0 fully saturated rings. The summed E-state index contributed by atoms with van der Waals surface area (Å²) in [4.78, 5) is 26.1. The lowest BCUT2D eigenvalue weighted by Gasteiger charge is -2.33. The van der Waals surface area contributed by atoms with Gasteiger partial charge in [-0.25, -0.2) is 0 Å². The first-order valence-electron chi connectivity index (χ1n) is 6.75. The Kier molecular flexibility index (Phi) is 4.04. The lowest BCUT2D eigenvalue weighted by molar-refractivity contribution is 0.0231. The molecule has 1 aliphatic rings. The number of imide groups is 1. The Morgan fingerprint density at radius 3 is 2.10 bits per heavy atom. The van der Waals surface area contributed by atoms with Gasteiger partial charge in [0.2, 0.25) is 0 Å². The van der Waals surface area contributed by atoms with E-state index >= 15 is 0 Å². The maximum atomic E-state index is 12.4. The van der Waals surface area contributed by atoms with E-state index in [0.29, 0.717) is 17.5 Å². The Morgan fingerprint density at radius 2 is 1.70 bits per heavy atom. The smallest absolute Gasteiger partial charge is 0.261 e. The number of carbonyl (C=O) groups is 2. The first kappa shape index (κ1) is 14.5. The molecule has 0 spiro atoms. The molecule has 106 valence electrons. The van der Waals surface area contributed by atoms with Gasteiger partial charge in [0.05, 0.1) is 23.3 Å². The fourth-order valence-electron chi connectivity index (χ4n) is 2.70. The van der Waals surface area contributed by atoms with Gasteiger partial charge in [-0.1, -0.05) is 32.1 Å². The van der Waals surface area contributed by atoms with Crippen LogP contribution in [-0.2, 0) is 0 Å². The Balaban J connectivity index is 2.39. The number of aliphatic hydroxyl groups is 1. The van der Waals surface area contributed by atoms with Gasteiger partial charge in [0.15, 0.2) is 0 Å². The lowest BCUT2D eigenvalue weighted by Crippen LogP contribution is -2.49. The van der Waals surface area contributed by atoms with E-state index in [1.165, 1.54) is 4.90 Å².